The number of benzene rings is 4. The van der Waals surface area contributed by atoms with Crippen LogP contribution < -0.4 is 0 Å². The summed E-state index contributed by atoms with van der Waals surface area (Å²) in [5.74, 6) is 5.14. The van der Waals surface area contributed by atoms with Crippen molar-refractivity contribution in [2.24, 2.45) is 0 Å². The van der Waals surface area contributed by atoms with Crippen molar-refractivity contribution in [2.75, 3.05) is 0 Å². The molecule has 0 atom stereocenters. The minimum Gasteiger partial charge on any atom is -0.0617 e. The van der Waals surface area contributed by atoms with E-state index in [1.165, 1.54) is 44.5 Å². The maximum absolute atomic E-state index is 2.31. The first kappa shape index (κ1) is 46.5. The first-order chi connectivity index (χ1) is 22.4. The zero-order valence-electron chi connectivity index (χ0n) is 34.3. The van der Waals surface area contributed by atoms with E-state index >= 15 is 0 Å². The van der Waals surface area contributed by atoms with E-state index in [1.807, 2.05) is 0 Å². The van der Waals surface area contributed by atoms with Crippen LogP contribution in [-0.4, -0.2) is 0 Å². The fourth-order valence-electron chi connectivity index (χ4n) is 5.11. The number of hydrogen-bond donors (Lipinski definition) is 0. The van der Waals surface area contributed by atoms with E-state index in [0.29, 0.717) is 47.3 Å². The van der Waals surface area contributed by atoms with Crippen LogP contribution in [0.2, 0.25) is 0 Å². The van der Waals surface area contributed by atoms with E-state index in [-0.39, 0.29) is 18.6 Å². The van der Waals surface area contributed by atoms with Crippen molar-refractivity contribution >= 4 is 0 Å². The molecule has 0 heterocycles. The second-order valence-electron chi connectivity index (χ2n) is 15.9. The molecule has 0 saturated carbocycles. The van der Waals surface area contributed by atoms with Crippen molar-refractivity contribution < 1.29 is 18.6 Å². The molecule has 0 aromatic heterocycles. The van der Waals surface area contributed by atoms with Gasteiger partial charge in [0.15, 0.2) is 0 Å². The van der Waals surface area contributed by atoms with Crippen LogP contribution in [0.25, 0.3) is 0 Å². The molecule has 4 rings (SSSR count). The van der Waals surface area contributed by atoms with E-state index in [2.05, 4.69) is 208 Å². The molecule has 0 aliphatic rings. The zero-order chi connectivity index (χ0) is 36.6. The van der Waals surface area contributed by atoms with Crippen LogP contribution in [0.15, 0.2) is 97.1 Å². The van der Waals surface area contributed by atoms with Crippen LogP contribution in [0.1, 0.15) is 203 Å². The van der Waals surface area contributed by atoms with Gasteiger partial charge in [0.25, 0.3) is 0 Å². The summed E-state index contributed by atoms with van der Waals surface area (Å²) >= 11 is 0. The fourth-order valence-corrected chi connectivity index (χ4v) is 5.11. The predicted octanol–water partition coefficient (Wildman–Crippen LogP) is 15.7. The van der Waals surface area contributed by atoms with Crippen LogP contribution in [0.5, 0.6) is 0 Å². The molecule has 1 radical (unpaired) electrons. The number of rotatable bonds is 8. The van der Waals surface area contributed by atoms with Gasteiger partial charge in [0.05, 0.1) is 0 Å². The molecule has 0 N–H and O–H groups in total. The van der Waals surface area contributed by atoms with E-state index in [1.54, 1.807) is 0 Å². The second kappa shape index (κ2) is 23.8. The Labute approximate surface area is 316 Å². The van der Waals surface area contributed by atoms with Gasteiger partial charge < -0.3 is 0 Å². The Bertz CT molecular complexity index is 1120. The molecule has 0 aliphatic heterocycles. The summed E-state index contributed by atoms with van der Waals surface area (Å²) in [5, 5.41) is 0. The molecule has 0 saturated heterocycles. The van der Waals surface area contributed by atoms with Gasteiger partial charge in [-0.3, -0.25) is 0 Å². The Morgan fingerprint density at radius 1 is 0.224 bits per heavy atom. The van der Waals surface area contributed by atoms with E-state index in [0.717, 1.165) is 0 Å². The van der Waals surface area contributed by atoms with E-state index < -0.39 is 0 Å². The monoisotopic (exact) mass is 700 g/mol. The van der Waals surface area contributed by atoms with Crippen LogP contribution in [0.3, 0.4) is 0 Å². The molecule has 0 aliphatic carbocycles. The zero-order valence-corrected chi connectivity index (χ0v) is 35.7. The summed E-state index contributed by atoms with van der Waals surface area (Å²) in [6.45, 7) is 35.8. The molecule has 0 unspecified atom stereocenters. The Balaban J connectivity index is 0.000000623. The second-order valence-corrected chi connectivity index (χ2v) is 15.9. The molecule has 4 aromatic carbocycles. The van der Waals surface area contributed by atoms with Crippen molar-refractivity contribution in [1.82, 2.24) is 0 Å². The minimum absolute atomic E-state index is 0. The minimum atomic E-state index is 0. The number of hydrogen-bond acceptors (Lipinski definition) is 0. The van der Waals surface area contributed by atoms with Gasteiger partial charge in [0.2, 0.25) is 0 Å². The third kappa shape index (κ3) is 17.8. The van der Waals surface area contributed by atoms with Crippen molar-refractivity contribution in [2.45, 2.75) is 158 Å². The third-order valence-electron chi connectivity index (χ3n) is 8.98. The van der Waals surface area contributed by atoms with Crippen LogP contribution in [0, 0.1) is 0 Å². The van der Waals surface area contributed by atoms with Crippen molar-refractivity contribution in [3.8, 4) is 0 Å². The molecule has 1 heteroatoms. The molecular formula is C48H72V. The summed E-state index contributed by atoms with van der Waals surface area (Å²) in [6, 6.07) is 35.5. The molecule has 49 heavy (non-hydrogen) atoms. The largest absolute Gasteiger partial charge is 0.0617 e. The van der Waals surface area contributed by atoms with Gasteiger partial charge in [-0.25, -0.2) is 0 Å². The predicted molar refractivity (Wildman–Crippen MR) is 218 cm³/mol. The van der Waals surface area contributed by atoms with Gasteiger partial charge in [0, 0.05) is 18.6 Å². The third-order valence-corrected chi connectivity index (χ3v) is 8.98. The normalized spacial score (nSPS) is 10.9. The van der Waals surface area contributed by atoms with Gasteiger partial charge >= 0.3 is 0 Å². The molecule has 0 bridgehead atoms. The average Bonchev–Trinajstić information content (AvgIpc) is 3.05. The molecule has 4 aromatic rings. The molecule has 0 fully saturated rings. The first-order valence-electron chi connectivity index (χ1n) is 18.8. The molecule has 0 spiro atoms. The van der Waals surface area contributed by atoms with E-state index in [9.17, 15) is 0 Å². The summed E-state index contributed by atoms with van der Waals surface area (Å²) in [7, 11) is 0. The summed E-state index contributed by atoms with van der Waals surface area (Å²) in [6.07, 6.45) is 0. The Kier molecular flexibility index (Phi) is 22.6. The quantitative estimate of drug-likeness (QED) is 0.172. The first-order valence-corrected chi connectivity index (χ1v) is 18.8. The van der Waals surface area contributed by atoms with Gasteiger partial charge in [0.1, 0.15) is 0 Å². The summed E-state index contributed by atoms with van der Waals surface area (Å²) < 4.78 is 0. The molecule has 0 nitrogen and oxygen atoms in total. The van der Waals surface area contributed by atoms with Crippen LogP contribution in [-0.2, 0) is 18.6 Å². The van der Waals surface area contributed by atoms with Gasteiger partial charge in [-0.05, 0) is 91.9 Å². The standard InChI is InChI=1S/4C12H18.V/c4*1-9(2)11-6-5-7-12(8-11)10(3)4;/h4*5-10H,1-4H3;. The SMILES string of the molecule is CC(C)c1cccc(C(C)C)c1.CC(C)c1cccc(C(C)C)c1.CC(C)c1cccc(C(C)C)c1.CC(C)c1cccc(C(C)C)c1.[V]. The summed E-state index contributed by atoms with van der Waals surface area (Å²) in [4.78, 5) is 0. The van der Waals surface area contributed by atoms with Crippen LogP contribution >= 0.6 is 0 Å². The average molecular weight is 700 g/mol. The topological polar surface area (TPSA) is 0 Å². The maximum Gasteiger partial charge on any atom is 0 e. The Morgan fingerprint density at radius 2 is 0.327 bits per heavy atom. The van der Waals surface area contributed by atoms with Gasteiger partial charge in [-0.15, -0.1) is 0 Å². The molecule has 269 valence electrons. The smallest absolute Gasteiger partial charge is 0 e. The Hall–Kier alpha value is -2.54. The van der Waals surface area contributed by atoms with Crippen molar-refractivity contribution in [3.05, 3.63) is 142 Å². The summed E-state index contributed by atoms with van der Waals surface area (Å²) in [5.41, 5.74) is 11.6. The Morgan fingerprint density at radius 3 is 0.408 bits per heavy atom. The van der Waals surface area contributed by atoms with Gasteiger partial charge in [-0.1, -0.05) is 208 Å². The van der Waals surface area contributed by atoms with Gasteiger partial charge in [-0.2, -0.15) is 0 Å². The molecular weight excluding hydrogens is 627 g/mol. The maximum atomic E-state index is 2.31. The molecule has 0 amide bonds. The fraction of sp³-hybridized carbons (Fsp3) is 0.500. The van der Waals surface area contributed by atoms with Crippen LogP contribution in [0.4, 0.5) is 0 Å². The van der Waals surface area contributed by atoms with Crippen molar-refractivity contribution in [3.63, 3.8) is 0 Å². The van der Waals surface area contributed by atoms with E-state index in [4.69, 9.17) is 0 Å². The van der Waals surface area contributed by atoms with Crippen molar-refractivity contribution in [1.29, 1.82) is 0 Å².